The van der Waals surface area contributed by atoms with Crippen LogP contribution in [0.4, 0.5) is 0 Å². The number of hydrogen-bond acceptors (Lipinski definition) is 2. The van der Waals surface area contributed by atoms with Gasteiger partial charge < -0.3 is 5.32 Å². The summed E-state index contributed by atoms with van der Waals surface area (Å²) in [5, 5.41) is 7.93. The van der Waals surface area contributed by atoms with Crippen LogP contribution >= 0.6 is 15.9 Å². The smallest absolute Gasteiger partial charge is 0.0767 e. The molecule has 0 unspecified atom stereocenters. The van der Waals surface area contributed by atoms with E-state index in [1.54, 1.807) is 0 Å². The standard InChI is InChI=1S/C14H18BrN3/c1-3-12-14(15)13(18(2)17-12)10-16-9-11-7-5-4-6-8-11/h4-8,16H,3,9-10H2,1-2H3. The third-order valence-electron chi connectivity index (χ3n) is 2.97. The Morgan fingerprint density at radius 3 is 2.56 bits per heavy atom. The molecule has 0 atom stereocenters. The fourth-order valence-electron chi connectivity index (χ4n) is 1.93. The minimum Gasteiger partial charge on any atom is -0.307 e. The Hall–Kier alpha value is -1.13. The molecule has 0 spiro atoms. The molecule has 1 N–H and O–H groups in total. The van der Waals surface area contributed by atoms with E-state index in [0.717, 1.165) is 29.7 Å². The molecular weight excluding hydrogens is 290 g/mol. The van der Waals surface area contributed by atoms with E-state index in [1.807, 2.05) is 17.8 Å². The van der Waals surface area contributed by atoms with E-state index < -0.39 is 0 Å². The number of rotatable bonds is 5. The largest absolute Gasteiger partial charge is 0.307 e. The lowest BCUT2D eigenvalue weighted by Gasteiger charge is -2.06. The average Bonchev–Trinajstić information content (AvgIpc) is 2.67. The predicted molar refractivity (Wildman–Crippen MR) is 77.3 cm³/mol. The molecule has 0 bridgehead atoms. The van der Waals surface area contributed by atoms with Crippen LogP contribution in [0.5, 0.6) is 0 Å². The van der Waals surface area contributed by atoms with Crippen molar-refractivity contribution in [3.8, 4) is 0 Å². The van der Waals surface area contributed by atoms with Crippen molar-refractivity contribution in [3.05, 3.63) is 51.8 Å². The van der Waals surface area contributed by atoms with E-state index in [-0.39, 0.29) is 0 Å². The number of hydrogen-bond donors (Lipinski definition) is 1. The van der Waals surface area contributed by atoms with Crippen LogP contribution in [0.1, 0.15) is 23.9 Å². The minimum absolute atomic E-state index is 0.818. The van der Waals surface area contributed by atoms with Crippen molar-refractivity contribution in [2.75, 3.05) is 0 Å². The van der Waals surface area contributed by atoms with Gasteiger partial charge in [-0.2, -0.15) is 5.10 Å². The molecule has 2 rings (SSSR count). The molecule has 3 nitrogen and oxygen atoms in total. The van der Waals surface area contributed by atoms with Crippen LogP contribution in [0.3, 0.4) is 0 Å². The van der Waals surface area contributed by atoms with Crippen molar-refractivity contribution in [1.29, 1.82) is 0 Å². The molecular formula is C14H18BrN3. The van der Waals surface area contributed by atoms with Crippen LogP contribution in [0.2, 0.25) is 0 Å². The van der Waals surface area contributed by atoms with Crippen LogP contribution in [0.25, 0.3) is 0 Å². The molecule has 0 aliphatic rings. The van der Waals surface area contributed by atoms with Gasteiger partial charge in [0.25, 0.3) is 0 Å². The topological polar surface area (TPSA) is 29.9 Å². The van der Waals surface area contributed by atoms with E-state index in [2.05, 4.69) is 57.5 Å². The maximum atomic E-state index is 4.48. The van der Waals surface area contributed by atoms with Crippen molar-refractivity contribution in [2.45, 2.75) is 26.4 Å². The van der Waals surface area contributed by atoms with Gasteiger partial charge in [-0.1, -0.05) is 37.3 Å². The van der Waals surface area contributed by atoms with E-state index in [4.69, 9.17) is 0 Å². The summed E-state index contributed by atoms with van der Waals surface area (Å²) in [6, 6.07) is 10.4. The van der Waals surface area contributed by atoms with Gasteiger partial charge in [-0.05, 0) is 27.9 Å². The summed E-state index contributed by atoms with van der Waals surface area (Å²) in [4.78, 5) is 0. The van der Waals surface area contributed by atoms with Crippen molar-refractivity contribution >= 4 is 15.9 Å². The molecule has 1 heterocycles. The van der Waals surface area contributed by atoms with Crippen molar-refractivity contribution in [3.63, 3.8) is 0 Å². The van der Waals surface area contributed by atoms with Gasteiger partial charge in [0.05, 0.1) is 15.9 Å². The summed E-state index contributed by atoms with van der Waals surface area (Å²) in [5.41, 5.74) is 3.61. The number of nitrogens with one attached hydrogen (secondary N) is 1. The second-order valence-corrected chi connectivity index (χ2v) is 5.07. The lowest BCUT2D eigenvalue weighted by atomic mass is 10.2. The monoisotopic (exact) mass is 307 g/mol. The number of nitrogens with zero attached hydrogens (tertiary/aromatic N) is 2. The molecule has 96 valence electrons. The highest BCUT2D eigenvalue weighted by Crippen LogP contribution is 2.21. The molecule has 1 aromatic heterocycles. The van der Waals surface area contributed by atoms with E-state index in [1.165, 1.54) is 11.3 Å². The highest BCUT2D eigenvalue weighted by atomic mass is 79.9. The van der Waals surface area contributed by atoms with E-state index in [9.17, 15) is 0 Å². The highest BCUT2D eigenvalue weighted by molar-refractivity contribution is 9.10. The minimum atomic E-state index is 0.818. The highest BCUT2D eigenvalue weighted by Gasteiger charge is 2.11. The number of aromatic nitrogens is 2. The Labute approximate surface area is 116 Å². The first kappa shape index (κ1) is 13.3. The molecule has 1 aromatic carbocycles. The molecule has 0 saturated carbocycles. The molecule has 0 radical (unpaired) electrons. The molecule has 2 aromatic rings. The molecule has 18 heavy (non-hydrogen) atoms. The van der Waals surface area contributed by atoms with Gasteiger partial charge in [0.15, 0.2) is 0 Å². The average molecular weight is 308 g/mol. The van der Waals surface area contributed by atoms with Crippen LogP contribution in [0.15, 0.2) is 34.8 Å². The lowest BCUT2D eigenvalue weighted by molar-refractivity contribution is 0.622. The van der Waals surface area contributed by atoms with Gasteiger partial charge in [0, 0.05) is 20.1 Å². The van der Waals surface area contributed by atoms with Gasteiger partial charge in [-0.15, -0.1) is 0 Å². The number of halogens is 1. The Kier molecular flexibility index (Phi) is 4.55. The van der Waals surface area contributed by atoms with Gasteiger partial charge in [-0.25, -0.2) is 0 Å². The Morgan fingerprint density at radius 1 is 1.22 bits per heavy atom. The first-order valence-electron chi connectivity index (χ1n) is 6.17. The molecule has 0 aliphatic carbocycles. The number of aryl methyl sites for hydroxylation is 2. The van der Waals surface area contributed by atoms with Crippen LogP contribution in [0, 0.1) is 0 Å². The molecule has 0 amide bonds. The first-order valence-corrected chi connectivity index (χ1v) is 6.96. The quantitative estimate of drug-likeness (QED) is 0.920. The fraction of sp³-hybridized carbons (Fsp3) is 0.357. The fourth-order valence-corrected chi connectivity index (χ4v) is 2.69. The molecule has 0 saturated heterocycles. The third kappa shape index (κ3) is 3.00. The van der Waals surface area contributed by atoms with Gasteiger partial charge >= 0.3 is 0 Å². The second-order valence-electron chi connectivity index (χ2n) is 4.27. The normalized spacial score (nSPS) is 10.8. The zero-order valence-corrected chi connectivity index (χ0v) is 12.4. The first-order chi connectivity index (χ1) is 8.72. The summed E-state index contributed by atoms with van der Waals surface area (Å²) in [5.74, 6) is 0. The van der Waals surface area contributed by atoms with Crippen molar-refractivity contribution in [1.82, 2.24) is 15.1 Å². The lowest BCUT2D eigenvalue weighted by Crippen LogP contribution is -2.15. The second kappa shape index (κ2) is 6.16. The molecule has 4 heteroatoms. The van der Waals surface area contributed by atoms with Gasteiger partial charge in [-0.3, -0.25) is 4.68 Å². The summed E-state index contributed by atoms with van der Waals surface area (Å²) < 4.78 is 3.08. The van der Waals surface area contributed by atoms with Crippen LogP contribution in [-0.2, 0) is 26.6 Å². The van der Waals surface area contributed by atoms with Gasteiger partial charge in [0.1, 0.15) is 0 Å². The van der Waals surface area contributed by atoms with Crippen molar-refractivity contribution in [2.24, 2.45) is 7.05 Å². The zero-order valence-electron chi connectivity index (χ0n) is 10.8. The Balaban J connectivity index is 1.96. The molecule has 0 fully saturated rings. The predicted octanol–water partition coefficient (Wildman–Crippen LogP) is 3.03. The van der Waals surface area contributed by atoms with Crippen LogP contribution in [-0.4, -0.2) is 9.78 Å². The maximum absolute atomic E-state index is 4.48. The summed E-state index contributed by atoms with van der Waals surface area (Å²) >= 11 is 3.63. The summed E-state index contributed by atoms with van der Waals surface area (Å²) in [6.45, 7) is 3.81. The maximum Gasteiger partial charge on any atom is 0.0767 e. The summed E-state index contributed by atoms with van der Waals surface area (Å²) in [6.07, 6.45) is 0.951. The SMILES string of the molecule is CCc1nn(C)c(CNCc2ccccc2)c1Br. The van der Waals surface area contributed by atoms with Crippen molar-refractivity contribution < 1.29 is 0 Å². The Bertz CT molecular complexity index is 505. The summed E-state index contributed by atoms with van der Waals surface area (Å²) in [7, 11) is 1.99. The van der Waals surface area contributed by atoms with E-state index >= 15 is 0 Å². The zero-order chi connectivity index (χ0) is 13.0. The molecule has 0 aliphatic heterocycles. The third-order valence-corrected chi connectivity index (χ3v) is 3.88. The van der Waals surface area contributed by atoms with E-state index in [0.29, 0.717) is 0 Å². The van der Waals surface area contributed by atoms with Crippen LogP contribution < -0.4 is 5.32 Å². The van der Waals surface area contributed by atoms with Gasteiger partial charge in [0.2, 0.25) is 0 Å². The Morgan fingerprint density at radius 2 is 1.94 bits per heavy atom. The number of benzene rings is 1.